The average Bonchev–Trinajstić information content (AvgIpc) is 3.37. The standard InChI is InChI=1S/C21H17ClN4O3/c1-26(21(28)18-7-4-10-29-18)12-19(27)23-13-8-9-16-17(11-13)25-20(24-16)14-5-2-3-6-15(14)22/h2-11H,12H2,1H3,(H,23,27)(H,24,25). The Bertz CT molecular complexity index is 1180. The van der Waals surface area contributed by atoms with Crippen LogP contribution in [-0.4, -0.2) is 40.3 Å². The molecule has 8 heteroatoms. The van der Waals surface area contributed by atoms with Crippen LogP contribution in [0.25, 0.3) is 22.4 Å². The fourth-order valence-corrected chi connectivity index (χ4v) is 3.17. The lowest BCUT2D eigenvalue weighted by Crippen LogP contribution is -2.34. The number of carbonyl (C=O) groups is 2. The maximum atomic E-state index is 12.3. The molecule has 0 saturated carbocycles. The van der Waals surface area contributed by atoms with Crippen LogP contribution in [0.2, 0.25) is 5.02 Å². The van der Waals surface area contributed by atoms with Crippen LogP contribution >= 0.6 is 11.6 Å². The number of furan rings is 1. The molecule has 0 aliphatic heterocycles. The lowest BCUT2D eigenvalue weighted by molar-refractivity contribution is -0.116. The van der Waals surface area contributed by atoms with Crippen molar-refractivity contribution in [3.05, 3.63) is 71.6 Å². The molecule has 0 unspecified atom stereocenters. The van der Waals surface area contributed by atoms with Gasteiger partial charge in [-0.25, -0.2) is 4.98 Å². The third-order valence-electron chi connectivity index (χ3n) is 4.35. The highest BCUT2D eigenvalue weighted by Gasteiger charge is 2.17. The average molecular weight is 409 g/mol. The van der Waals surface area contributed by atoms with E-state index in [1.165, 1.54) is 11.2 Å². The Kier molecular flexibility index (Phi) is 5.05. The summed E-state index contributed by atoms with van der Waals surface area (Å²) in [6.45, 7) is -0.106. The third-order valence-corrected chi connectivity index (χ3v) is 4.68. The molecule has 2 aromatic heterocycles. The number of nitrogens with zero attached hydrogens (tertiary/aromatic N) is 2. The smallest absolute Gasteiger partial charge is 0.289 e. The fraction of sp³-hybridized carbons (Fsp3) is 0.0952. The van der Waals surface area contributed by atoms with Gasteiger partial charge in [0.05, 0.1) is 28.9 Å². The summed E-state index contributed by atoms with van der Waals surface area (Å²) in [7, 11) is 1.54. The van der Waals surface area contributed by atoms with Crippen LogP contribution in [0, 0.1) is 0 Å². The molecule has 2 N–H and O–H groups in total. The molecule has 0 bridgehead atoms. The van der Waals surface area contributed by atoms with Crippen molar-refractivity contribution >= 4 is 40.1 Å². The zero-order chi connectivity index (χ0) is 20.4. The van der Waals surface area contributed by atoms with Crippen LogP contribution in [0.1, 0.15) is 10.6 Å². The number of benzene rings is 2. The summed E-state index contributed by atoms with van der Waals surface area (Å²) in [5.41, 5.74) is 2.91. The predicted octanol–water partition coefficient (Wildman–Crippen LogP) is 4.19. The van der Waals surface area contributed by atoms with Crippen LogP contribution in [-0.2, 0) is 4.79 Å². The van der Waals surface area contributed by atoms with E-state index in [0.29, 0.717) is 16.5 Å². The van der Waals surface area contributed by atoms with E-state index in [0.717, 1.165) is 16.6 Å². The zero-order valence-corrected chi connectivity index (χ0v) is 16.2. The van der Waals surface area contributed by atoms with Crippen LogP contribution in [0.3, 0.4) is 0 Å². The number of nitrogens with one attached hydrogen (secondary N) is 2. The van der Waals surface area contributed by atoms with Gasteiger partial charge in [-0.3, -0.25) is 9.59 Å². The summed E-state index contributed by atoms with van der Waals surface area (Å²) in [6.07, 6.45) is 1.41. The number of fused-ring (bicyclic) bond motifs is 1. The van der Waals surface area contributed by atoms with Crippen LogP contribution in [0.15, 0.2) is 65.3 Å². The first-order valence-corrected chi connectivity index (χ1v) is 9.22. The summed E-state index contributed by atoms with van der Waals surface area (Å²) >= 11 is 6.24. The Labute approximate surface area is 171 Å². The van der Waals surface area contributed by atoms with Crippen molar-refractivity contribution in [2.75, 3.05) is 18.9 Å². The van der Waals surface area contributed by atoms with Gasteiger partial charge in [0.2, 0.25) is 5.91 Å². The van der Waals surface area contributed by atoms with Gasteiger partial charge in [-0.05, 0) is 42.5 Å². The monoisotopic (exact) mass is 408 g/mol. The molecule has 0 radical (unpaired) electrons. The van der Waals surface area contributed by atoms with Crippen molar-refractivity contribution < 1.29 is 14.0 Å². The molecule has 29 heavy (non-hydrogen) atoms. The highest BCUT2D eigenvalue weighted by atomic mass is 35.5. The molecule has 4 rings (SSSR count). The second-order valence-electron chi connectivity index (χ2n) is 6.48. The number of hydrogen-bond acceptors (Lipinski definition) is 4. The minimum Gasteiger partial charge on any atom is -0.459 e. The van der Waals surface area contributed by atoms with E-state index in [9.17, 15) is 9.59 Å². The molecule has 146 valence electrons. The second-order valence-corrected chi connectivity index (χ2v) is 6.89. The molecule has 4 aromatic rings. The van der Waals surface area contributed by atoms with Crippen molar-refractivity contribution in [1.82, 2.24) is 14.9 Å². The van der Waals surface area contributed by atoms with Gasteiger partial charge in [0.25, 0.3) is 5.91 Å². The van der Waals surface area contributed by atoms with Gasteiger partial charge in [0.15, 0.2) is 5.76 Å². The van der Waals surface area contributed by atoms with E-state index in [1.54, 1.807) is 43.4 Å². The van der Waals surface area contributed by atoms with E-state index in [2.05, 4.69) is 15.3 Å². The maximum absolute atomic E-state index is 12.3. The van der Waals surface area contributed by atoms with Gasteiger partial charge in [-0.15, -0.1) is 0 Å². The van der Waals surface area contributed by atoms with Crippen molar-refractivity contribution in [1.29, 1.82) is 0 Å². The second kappa shape index (κ2) is 7.81. The Hall–Kier alpha value is -3.58. The number of carbonyl (C=O) groups excluding carboxylic acids is 2. The number of rotatable bonds is 5. The van der Waals surface area contributed by atoms with Crippen LogP contribution in [0.5, 0.6) is 0 Å². The molecule has 2 amide bonds. The third kappa shape index (κ3) is 4.00. The lowest BCUT2D eigenvalue weighted by Gasteiger charge is -2.15. The van der Waals surface area contributed by atoms with Gasteiger partial charge in [-0.1, -0.05) is 23.7 Å². The summed E-state index contributed by atoms with van der Waals surface area (Å²) < 4.78 is 5.07. The Morgan fingerprint density at radius 3 is 2.76 bits per heavy atom. The number of likely N-dealkylation sites (N-methyl/N-ethyl adjacent to an activating group) is 1. The molecule has 2 heterocycles. The molecular weight excluding hydrogens is 392 g/mol. The number of aromatic nitrogens is 2. The Morgan fingerprint density at radius 1 is 1.17 bits per heavy atom. The zero-order valence-electron chi connectivity index (χ0n) is 15.5. The molecule has 0 aliphatic carbocycles. The molecule has 2 aromatic carbocycles. The minimum absolute atomic E-state index is 0.106. The van der Waals surface area contributed by atoms with Crippen molar-refractivity contribution in [2.45, 2.75) is 0 Å². The highest BCUT2D eigenvalue weighted by Crippen LogP contribution is 2.28. The Morgan fingerprint density at radius 2 is 2.00 bits per heavy atom. The number of anilines is 1. The van der Waals surface area contributed by atoms with Crippen LogP contribution in [0.4, 0.5) is 5.69 Å². The molecule has 0 saturated heterocycles. The Balaban J connectivity index is 1.47. The SMILES string of the molecule is CN(CC(=O)Nc1ccc2nc(-c3ccccc3Cl)[nH]c2c1)C(=O)c1ccco1. The first-order valence-electron chi connectivity index (χ1n) is 8.85. The minimum atomic E-state index is -0.362. The van der Waals surface area contributed by atoms with Crippen molar-refractivity contribution in [3.8, 4) is 11.4 Å². The van der Waals surface area contributed by atoms with Crippen molar-refractivity contribution in [2.24, 2.45) is 0 Å². The number of hydrogen-bond donors (Lipinski definition) is 2. The molecule has 0 spiro atoms. The quantitative estimate of drug-likeness (QED) is 0.518. The van der Waals surface area contributed by atoms with Gasteiger partial charge in [-0.2, -0.15) is 0 Å². The van der Waals surface area contributed by atoms with E-state index < -0.39 is 0 Å². The normalized spacial score (nSPS) is 10.8. The molecule has 0 aliphatic rings. The van der Waals surface area contributed by atoms with E-state index in [4.69, 9.17) is 16.0 Å². The first-order chi connectivity index (χ1) is 14.0. The number of amides is 2. The maximum Gasteiger partial charge on any atom is 0.289 e. The topological polar surface area (TPSA) is 91.2 Å². The summed E-state index contributed by atoms with van der Waals surface area (Å²) in [4.78, 5) is 33.5. The van der Waals surface area contributed by atoms with E-state index >= 15 is 0 Å². The molecular formula is C21H17ClN4O3. The van der Waals surface area contributed by atoms with Gasteiger partial charge < -0.3 is 19.6 Å². The summed E-state index contributed by atoms with van der Waals surface area (Å²) in [6, 6.07) is 16.0. The number of halogens is 1. The summed E-state index contributed by atoms with van der Waals surface area (Å²) in [5, 5.41) is 3.39. The van der Waals surface area contributed by atoms with Crippen LogP contribution < -0.4 is 5.32 Å². The number of aromatic amines is 1. The van der Waals surface area contributed by atoms with Gasteiger partial charge in [0, 0.05) is 18.3 Å². The lowest BCUT2D eigenvalue weighted by atomic mass is 10.2. The fourth-order valence-electron chi connectivity index (χ4n) is 2.94. The summed E-state index contributed by atoms with van der Waals surface area (Å²) in [5.74, 6) is 0.153. The highest BCUT2D eigenvalue weighted by molar-refractivity contribution is 6.33. The first kappa shape index (κ1) is 18.8. The van der Waals surface area contributed by atoms with E-state index in [-0.39, 0.29) is 24.1 Å². The largest absolute Gasteiger partial charge is 0.459 e. The van der Waals surface area contributed by atoms with Gasteiger partial charge >= 0.3 is 0 Å². The van der Waals surface area contributed by atoms with Gasteiger partial charge in [0.1, 0.15) is 5.82 Å². The predicted molar refractivity (Wildman–Crippen MR) is 111 cm³/mol. The van der Waals surface area contributed by atoms with E-state index in [1.807, 2.05) is 18.2 Å². The molecule has 7 nitrogen and oxygen atoms in total. The molecule has 0 fully saturated rings. The van der Waals surface area contributed by atoms with Crippen molar-refractivity contribution in [3.63, 3.8) is 0 Å². The number of imidazole rings is 1. The number of H-pyrrole nitrogens is 1. The molecule has 0 atom stereocenters.